The number of carbonyl (C=O) groups is 1. The molecule has 3 aromatic rings. The number of nitrogens with one attached hydrogen (secondary N) is 1. The zero-order valence-corrected chi connectivity index (χ0v) is 17.0. The third-order valence-corrected chi connectivity index (χ3v) is 5.73. The average molecular weight is 423 g/mol. The highest BCUT2D eigenvalue weighted by Crippen LogP contribution is 2.38. The monoisotopic (exact) mass is 423 g/mol. The van der Waals surface area contributed by atoms with Gasteiger partial charge in [-0.15, -0.1) is 0 Å². The topological polar surface area (TPSA) is 90.1 Å². The smallest absolute Gasteiger partial charge is 0.222 e. The van der Waals surface area contributed by atoms with Crippen LogP contribution in [0.25, 0.3) is 5.65 Å². The van der Waals surface area contributed by atoms with Gasteiger partial charge in [0.1, 0.15) is 11.9 Å². The van der Waals surface area contributed by atoms with Crippen molar-refractivity contribution in [2.24, 2.45) is 11.1 Å². The Morgan fingerprint density at radius 3 is 2.68 bits per heavy atom. The molecule has 5 rings (SSSR count). The molecule has 0 saturated carbocycles. The fourth-order valence-electron chi connectivity index (χ4n) is 4.26. The van der Waals surface area contributed by atoms with Gasteiger partial charge >= 0.3 is 0 Å². The van der Waals surface area contributed by atoms with E-state index in [0.717, 1.165) is 29.8 Å². The fraction of sp³-hybridized carbons (Fsp3) is 0.364. The van der Waals surface area contributed by atoms with Crippen LogP contribution in [0.15, 0.2) is 47.8 Å². The van der Waals surface area contributed by atoms with E-state index >= 15 is 0 Å². The predicted octanol–water partition coefficient (Wildman–Crippen LogP) is 3.14. The van der Waals surface area contributed by atoms with Crippen molar-refractivity contribution in [3.8, 4) is 0 Å². The van der Waals surface area contributed by atoms with Gasteiger partial charge in [0, 0.05) is 31.6 Å². The molecular formula is C22H22FN5O3. The standard InChI is InChI=1S/C22H22FN5O3/c1-13(29)24-18-12-28-19(25-18)7-6-17(26-28)20-21(14-2-4-16(23)5-3-14)27-31-22(20)15-8-10-30-11-9-15/h2-7,12,15,20,22H,8-11H2,1H3,(H,24,29). The van der Waals surface area contributed by atoms with Gasteiger partial charge in [-0.25, -0.2) is 13.9 Å². The number of nitrogens with zero attached hydrogens (tertiary/aromatic N) is 4. The minimum Gasteiger partial charge on any atom is -0.391 e. The maximum absolute atomic E-state index is 13.5. The molecule has 4 heterocycles. The Hall–Kier alpha value is -3.33. The highest BCUT2D eigenvalue weighted by Gasteiger charge is 2.42. The van der Waals surface area contributed by atoms with E-state index in [4.69, 9.17) is 14.7 Å². The molecule has 1 N–H and O–H groups in total. The summed E-state index contributed by atoms with van der Waals surface area (Å²) in [6.45, 7) is 2.82. The number of halogens is 1. The Labute approximate surface area is 178 Å². The molecule has 1 saturated heterocycles. The molecular weight excluding hydrogens is 401 g/mol. The summed E-state index contributed by atoms with van der Waals surface area (Å²) >= 11 is 0. The second-order valence-electron chi connectivity index (χ2n) is 7.85. The first-order valence-electron chi connectivity index (χ1n) is 10.3. The van der Waals surface area contributed by atoms with Crippen LogP contribution in [0.4, 0.5) is 10.2 Å². The molecule has 9 heteroatoms. The molecule has 1 aromatic carbocycles. The van der Waals surface area contributed by atoms with Crippen LogP contribution < -0.4 is 5.32 Å². The summed E-state index contributed by atoms with van der Waals surface area (Å²) in [5.41, 5.74) is 2.92. The Balaban J connectivity index is 1.54. The number of imidazole rings is 1. The van der Waals surface area contributed by atoms with Crippen LogP contribution in [0, 0.1) is 11.7 Å². The molecule has 0 bridgehead atoms. The summed E-state index contributed by atoms with van der Waals surface area (Å²) in [6, 6.07) is 10.0. The normalized spacial score (nSPS) is 21.7. The van der Waals surface area contributed by atoms with E-state index in [1.807, 2.05) is 12.1 Å². The molecule has 2 aliphatic heterocycles. The number of amides is 1. The van der Waals surface area contributed by atoms with Crippen molar-refractivity contribution in [1.29, 1.82) is 0 Å². The molecule has 2 aliphatic rings. The van der Waals surface area contributed by atoms with E-state index in [2.05, 4.69) is 15.5 Å². The Kier molecular flexibility index (Phi) is 5.11. The summed E-state index contributed by atoms with van der Waals surface area (Å²) in [5, 5.41) is 11.8. The van der Waals surface area contributed by atoms with Gasteiger partial charge in [-0.3, -0.25) is 4.79 Å². The molecule has 2 aromatic heterocycles. The van der Waals surface area contributed by atoms with Crippen LogP contribution in [-0.4, -0.2) is 45.5 Å². The SMILES string of the molecule is CC(=O)Nc1cn2nc(C3C(c4ccc(F)cc4)=NOC3C3CCOCC3)ccc2n1. The lowest BCUT2D eigenvalue weighted by Gasteiger charge is -2.29. The molecule has 2 atom stereocenters. The van der Waals surface area contributed by atoms with Crippen molar-refractivity contribution < 1.29 is 18.8 Å². The summed E-state index contributed by atoms with van der Waals surface area (Å²) in [4.78, 5) is 21.7. The van der Waals surface area contributed by atoms with Crippen LogP contribution in [-0.2, 0) is 14.4 Å². The van der Waals surface area contributed by atoms with E-state index < -0.39 is 0 Å². The largest absolute Gasteiger partial charge is 0.391 e. The van der Waals surface area contributed by atoms with Crippen LogP contribution in [0.5, 0.6) is 0 Å². The zero-order valence-electron chi connectivity index (χ0n) is 17.0. The van der Waals surface area contributed by atoms with Crippen LogP contribution in [0.3, 0.4) is 0 Å². The molecule has 1 fully saturated rings. The highest BCUT2D eigenvalue weighted by molar-refractivity contribution is 6.05. The van der Waals surface area contributed by atoms with E-state index in [0.29, 0.717) is 24.7 Å². The lowest BCUT2D eigenvalue weighted by Crippen LogP contribution is -2.34. The number of hydrogen-bond acceptors (Lipinski definition) is 6. The van der Waals surface area contributed by atoms with Gasteiger partial charge in [0.15, 0.2) is 11.5 Å². The Morgan fingerprint density at radius 2 is 1.94 bits per heavy atom. The van der Waals surface area contributed by atoms with Gasteiger partial charge in [0.2, 0.25) is 5.91 Å². The fourth-order valence-corrected chi connectivity index (χ4v) is 4.26. The first-order valence-corrected chi connectivity index (χ1v) is 10.3. The third kappa shape index (κ3) is 3.88. The van der Waals surface area contributed by atoms with Gasteiger partial charge < -0.3 is 14.9 Å². The van der Waals surface area contributed by atoms with Gasteiger partial charge in [0.25, 0.3) is 0 Å². The molecule has 0 radical (unpaired) electrons. The maximum atomic E-state index is 13.5. The van der Waals surface area contributed by atoms with Crippen molar-refractivity contribution in [1.82, 2.24) is 14.6 Å². The summed E-state index contributed by atoms with van der Waals surface area (Å²) < 4.78 is 20.7. The number of oxime groups is 1. The van der Waals surface area contributed by atoms with Crippen LogP contribution in [0.2, 0.25) is 0 Å². The molecule has 1 amide bonds. The number of hydrogen-bond donors (Lipinski definition) is 1. The second kappa shape index (κ2) is 8.07. The lowest BCUT2D eigenvalue weighted by atomic mass is 9.80. The van der Waals surface area contributed by atoms with Crippen LogP contribution in [0.1, 0.15) is 36.9 Å². The van der Waals surface area contributed by atoms with Crippen molar-refractivity contribution in [2.75, 3.05) is 18.5 Å². The zero-order chi connectivity index (χ0) is 21.4. The molecule has 31 heavy (non-hydrogen) atoms. The predicted molar refractivity (Wildman–Crippen MR) is 111 cm³/mol. The first-order chi connectivity index (χ1) is 15.1. The number of ether oxygens (including phenoxy) is 1. The molecule has 0 aliphatic carbocycles. The second-order valence-corrected chi connectivity index (χ2v) is 7.85. The highest BCUT2D eigenvalue weighted by atomic mass is 19.1. The summed E-state index contributed by atoms with van der Waals surface area (Å²) in [6.07, 6.45) is 3.25. The number of benzene rings is 1. The Bertz CT molecular complexity index is 1140. The van der Waals surface area contributed by atoms with E-state index in [-0.39, 0.29) is 29.7 Å². The van der Waals surface area contributed by atoms with Crippen molar-refractivity contribution >= 4 is 23.1 Å². The van der Waals surface area contributed by atoms with E-state index in [9.17, 15) is 9.18 Å². The quantitative estimate of drug-likeness (QED) is 0.696. The van der Waals surface area contributed by atoms with Crippen molar-refractivity contribution in [3.05, 3.63) is 59.7 Å². The minimum absolute atomic E-state index is 0.188. The number of carbonyl (C=O) groups excluding carboxylic acids is 1. The van der Waals surface area contributed by atoms with Gasteiger partial charge in [0.05, 0.1) is 23.5 Å². The average Bonchev–Trinajstić information content (AvgIpc) is 3.37. The van der Waals surface area contributed by atoms with Gasteiger partial charge in [-0.05, 0) is 37.1 Å². The number of fused-ring (bicyclic) bond motifs is 1. The number of anilines is 1. The Morgan fingerprint density at radius 1 is 1.16 bits per heavy atom. The lowest BCUT2D eigenvalue weighted by molar-refractivity contribution is -0.114. The first kappa shape index (κ1) is 19.6. The summed E-state index contributed by atoms with van der Waals surface area (Å²) in [5.74, 6) is -0.00383. The van der Waals surface area contributed by atoms with Crippen molar-refractivity contribution in [3.63, 3.8) is 0 Å². The van der Waals surface area contributed by atoms with Crippen molar-refractivity contribution in [2.45, 2.75) is 31.8 Å². The van der Waals surface area contributed by atoms with Crippen LogP contribution >= 0.6 is 0 Å². The van der Waals surface area contributed by atoms with E-state index in [1.165, 1.54) is 19.1 Å². The van der Waals surface area contributed by atoms with Gasteiger partial charge in [-0.1, -0.05) is 17.3 Å². The number of rotatable bonds is 4. The minimum atomic E-state index is -0.302. The molecule has 2 unspecified atom stereocenters. The molecule has 0 spiro atoms. The maximum Gasteiger partial charge on any atom is 0.222 e. The van der Waals surface area contributed by atoms with E-state index in [1.54, 1.807) is 22.8 Å². The van der Waals surface area contributed by atoms with Gasteiger partial charge in [-0.2, -0.15) is 5.10 Å². The molecule has 160 valence electrons. The number of aromatic nitrogens is 3. The summed E-state index contributed by atoms with van der Waals surface area (Å²) in [7, 11) is 0. The molecule has 8 nitrogen and oxygen atoms in total. The third-order valence-electron chi connectivity index (χ3n) is 5.73.